The summed E-state index contributed by atoms with van der Waals surface area (Å²) in [5.74, 6) is -0.313. The lowest BCUT2D eigenvalue weighted by molar-refractivity contribution is -0.147. The molecule has 0 amide bonds. The van der Waals surface area contributed by atoms with Crippen LogP contribution in [0.3, 0.4) is 0 Å². The molecule has 0 fully saturated rings. The lowest BCUT2D eigenvalue weighted by Gasteiger charge is -2.12. The minimum Gasteiger partial charge on any atom is -0.474 e. The second-order valence-corrected chi connectivity index (χ2v) is 6.46. The first-order chi connectivity index (χ1) is 13.5. The van der Waals surface area contributed by atoms with Crippen LogP contribution < -0.4 is 10.2 Å². The van der Waals surface area contributed by atoms with E-state index in [2.05, 4.69) is 0 Å². The fraction of sp³-hybridized carbons (Fsp3) is 0.273. The summed E-state index contributed by atoms with van der Waals surface area (Å²) in [5.41, 5.74) is 2.82. The van der Waals surface area contributed by atoms with Crippen molar-refractivity contribution in [3.05, 3.63) is 63.8 Å². The van der Waals surface area contributed by atoms with Gasteiger partial charge in [0.05, 0.1) is 12.0 Å². The fourth-order valence-corrected chi connectivity index (χ4v) is 2.73. The van der Waals surface area contributed by atoms with Crippen molar-refractivity contribution in [2.75, 3.05) is 26.9 Å². The van der Waals surface area contributed by atoms with Crippen molar-refractivity contribution in [1.82, 2.24) is 0 Å². The monoisotopic (exact) mass is 382 g/mol. The Kier molecular flexibility index (Phi) is 6.11. The van der Waals surface area contributed by atoms with Crippen molar-refractivity contribution in [3.63, 3.8) is 0 Å². The standard InChI is InChI=1S/C22H22O6/c1-14-4-7-16(8-5-14)21-22(27-13-19(23)26-11-10-25-3)20(24)17-12-15(2)6-9-18(17)28-21/h4-9,12H,10-11,13H2,1-3H3. The Balaban J connectivity index is 2.01. The van der Waals surface area contributed by atoms with Crippen LogP contribution in [0.15, 0.2) is 51.7 Å². The molecular weight excluding hydrogens is 360 g/mol. The number of rotatable bonds is 7. The van der Waals surface area contributed by atoms with Crippen LogP contribution in [0.5, 0.6) is 5.75 Å². The number of carbonyl (C=O) groups excluding carboxylic acids is 1. The predicted molar refractivity (Wildman–Crippen MR) is 106 cm³/mol. The third-order valence-electron chi connectivity index (χ3n) is 4.20. The lowest BCUT2D eigenvalue weighted by atomic mass is 10.1. The molecule has 1 heterocycles. The molecule has 3 aromatic rings. The first-order valence-electron chi connectivity index (χ1n) is 8.91. The van der Waals surface area contributed by atoms with Crippen LogP contribution in [-0.4, -0.2) is 32.9 Å². The number of methoxy groups -OCH3 is 1. The van der Waals surface area contributed by atoms with Gasteiger partial charge in [-0.1, -0.05) is 41.5 Å². The zero-order valence-corrected chi connectivity index (χ0v) is 16.1. The summed E-state index contributed by atoms with van der Waals surface area (Å²) in [5, 5.41) is 0.401. The largest absolute Gasteiger partial charge is 0.474 e. The number of esters is 1. The van der Waals surface area contributed by atoms with E-state index >= 15 is 0 Å². The van der Waals surface area contributed by atoms with E-state index in [1.807, 2.05) is 44.2 Å². The molecule has 0 atom stereocenters. The quantitative estimate of drug-likeness (QED) is 0.459. The minimum atomic E-state index is -0.587. The van der Waals surface area contributed by atoms with Gasteiger partial charge in [-0.25, -0.2) is 4.79 Å². The molecule has 0 saturated heterocycles. The highest BCUT2D eigenvalue weighted by Crippen LogP contribution is 2.31. The first kappa shape index (κ1) is 19.6. The molecule has 28 heavy (non-hydrogen) atoms. The van der Waals surface area contributed by atoms with Gasteiger partial charge in [0.1, 0.15) is 12.2 Å². The van der Waals surface area contributed by atoms with E-state index in [0.717, 1.165) is 11.1 Å². The Bertz CT molecular complexity index is 1030. The highest BCUT2D eigenvalue weighted by atomic mass is 16.6. The molecule has 3 rings (SSSR count). The Morgan fingerprint density at radius 2 is 1.71 bits per heavy atom. The summed E-state index contributed by atoms with van der Waals surface area (Å²) < 4.78 is 21.4. The molecule has 6 heteroatoms. The lowest BCUT2D eigenvalue weighted by Crippen LogP contribution is -2.20. The maximum absolute atomic E-state index is 13.1. The average Bonchev–Trinajstić information content (AvgIpc) is 2.68. The number of hydrogen-bond acceptors (Lipinski definition) is 6. The molecule has 6 nitrogen and oxygen atoms in total. The van der Waals surface area contributed by atoms with Crippen molar-refractivity contribution >= 4 is 16.9 Å². The van der Waals surface area contributed by atoms with Crippen LogP contribution in [0.1, 0.15) is 11.1 Å². The van der Waals surface area contributed by atoms with Gasteiger partial charge in [0.2, 0.25) is 11.2 Å². The van der Waals surface area contributed by atoms with Gasteiger partial charge in [0.25, 0.3) is 0 Å². The van der Waals surface area contributed by atoms with E-state index in [-0.39, 0.29) is 30.2 Å². The number of ether oxygens (including phenoxy) is 3. The van der Waals surface area contributed by atoms with Crippen molar-refractivity contribution in [1.29, 1.82) is 0 Å². The summed E-state index contributed by atoms with van der Waals surface area (Å²) in [7, 11) is 1.51. The summed E-state index contributed by atoms with van der Waals surface area (Å²) in [6, 6.07) is 12.9. The van der Waals surface area contributed by atoms with Crippen LogP contribution in [-0.2, 0) is 14.3 Å². The van der Waals surface area contributed by atoms with Gasteiger partial charge in [0, 0.05) is 12.7 Å². The molecule has 0 spiro atoms. The van der Waals surface area contributed by atoms with E-state index in [1.165, 1.54) is 7.11 Å². The van der Waals surface area contributed by atoms with Gasteiger partial charge in [0.15, 0.2) is 12.4 Å². The summed E-state index contributed by atoms with van der Waals surface area (Å²) in [6.45, 7) is 3.87. The van der Waals surface area contributed by atoms with E-state index in [0.29, 0.717) is 16.5 Å². The molecule has 0 radical (unpaired) electrons. The molecule has 2 aromatic carbocycles. The Morgan fingerprint density at radius 1 is 1.00 bits per heavy atom. The van der Waals surface area contributed by atoms with Gasteiger partial charge < -0.3 is 18.6 Å². The van der Waals surface area contributed by atoms with Gasteiger partial charge in [-0.2, -0.15) is 0 Å². The summed E-state index contributed by atoms with van der Waals surface area (Å²) in [6.07, 6.45) is 0. The third-order valence-corrected chi connectivity index (χ3v) is 4.20. The molecule has 0 aliphatic carbocycles. The molecule has 0 unspecified atom stereocenters. The highest BCUT2D eigenvalue weighted by molar-refractivity contribution is 5.83. The van der Waals surface area contributed by atoms with E-state index in [9.17, 15) is 9.59 Å². The van der Waals surface area contributed by atoms with Crippen LogP contribution >= 0.6 is 0 Å². The Labute approximate surface area is 162 Å². The minimum absolute atomic E-state index is 0.00866. The van der Waals surface area contributed by atoms with Crippen molar-refractivity contribution in [2.24, 2.45) is 0 Å². The maximum Gasteiger partial charge on any atom is 0.344 e. The van der Waals surface area contributed by atoms with Gasteiger partial charge in [-0.15, -0.1) is 0 Å². The predicted octanol–water partition coefficient (Wildman–Crippen LogP) is 3.65. The van der Waals surface area contributed by atoms with Crippen LogP contribution in [0.25, 0.3) is 22.3 Å². The van der Waals surface area contributed by atoms with Crippen LogP contribution in [0.2, 0.25) is 0 Å². The number of fused-ring (bicyclic) bond motifs is 1. The number of hydrogen-bond donors (Lipinski definition) is 0. The van der Waals surface area contributed by atoms with Crippen molar-refractivity contribution < 1.29 is 23.4 Å². The zero-order chi connectivity index (χ0) is 20.1. The topological polar surface area (TPSA) is 75.0 Å². The number of benzene rings is 2. The summed E-state index contributed by atoms with van der Waals surface area (Å²) in [4.78, 5) is 24.9. The molecule has 0 aliphatic rings. The van der Waals surface area contributed by atoms with Gasteiger partial charge >= 0.3 is 5.97 Å². The fourth-order valence-electron chi connectivity index (χ4n) is 2.73. The molecule has 0 bridgehead atoms. The van der Waals surface area contributed by atoms with Gasteiger partial charge in [-0.3, -0.25) is 4.79 Å². The van der Waals surface area contributed by atoms with E-state index < -0.39 is 12.6 Å². The number of carbonyl (C=O) groups is 1. The number of aryl methyl sites for hydroxylation is 2. The molecule has 0 N–H and O–H groups in total. The molecule has 0 aliphatic heterocycles. The first-order valence-corrected chi connectivity index (χ1v) is 8.91. The molecular formula is C22H22O6. The van der Waals surface area contributed by atoms with E-state index in [1.54, 1.807) is 12.1 Å². The van der Waals surface area contributed by atoms with Crippen molar-refractivity contribution in [3.8, 4) is 17.1 Å². The molecule has 0 saturated carbocycles. The van der Waals surface area contributed by atoms with Crippen LogP contribution in [0.4, 0.5) is 0 Å². The Hall–Kier alpha value is -3.12. The van der Waals surface area contributed by atoms with Crippen LogP contribution in [0, 0.1) is 13.8 Å². The third kappa shape index (κ3) is 4.40. The SMILES string of the molecule is COCCOC(=O)COc1c(-c2ccc(C)cc2)oc2ccc(C)cc2c1=O. The van der Waals surface area contributed by atoms with E-state index in [4.69, 9.17) is 18.6 Å². The normalized spacial score (nSPS) is 10.8. The maximum atomic E-state index is 13.1. The van der Waals surface area contributed by atoms with Crippen molar-refractivity contribution in [2.45, 2.75) is 13.8 Å². The highest BCUT2D eigenvalue weighted by Gasteiger charge is 2.19. The second kappa shape index (κ2) is 8.71. The summed E-state index contributed by atoms with van der Waals surface area (Å²) >= 11 is 0. The Morgan fingerprint density at radius 3 is 2.43 bits per heavy atom. The second-order valence-electron chi connectivity index (χ2n) is 6.46. The smallest absolute Gasteiger partial charge is 0.344 e. The zero-order valence-electron chi connectivity index (χ0n) is 16.1. The van der Waals surface area contributed by atoms with Gasteiger partial charge in [-0.05, 0) is 26.0 Å². The molecule has 1 aromatic heterocycles. The molecule has 146 valence electrons. The average molecular weight is 382 g/mol.